The number of rotatable bonds is 9. The lowest BCUT2D eigenvalue weighted by Gasteiger charge is -2.38. The summed E-state index contributed by atoms with van der Waals surface area (Å²) < 4.78 is 8.46. The highest BCUT2D eigenvalue weighted by Gasteiger charge is 2.41. The van der Waals surface area contributed by atoms with Gasteiger partial charge in [0.2, 0.25) is 17.7 Å². The van der Waals surface area contributed by atoms with Crippen LogP contribution in [0.15, 0.2) is 54.7 Å². The fraction of sp³-hybridized carbons (Fsp3) is 0.538. The van der Waals surface area contributed by atoms with Gasteiger partial charge in [-0.25, -0.2) is 5.43 Å². The Balaban J connectivity index is 1.17. The van der Waals surface area contributed by atoms with Crippen molar-refractivity contribution in [2.75, 3.05) is 39.8 Å². The van der Waals surface area contributed by atoms with Gasteiger partial charge in [-0.05, 0) is 110 Å². The monoisotopic (exact) mass is 917 g/mol. The number of esters is 1. The molecule has 4 aliphatic heterocycles. The maximum Gasteiger partial charge on any atom is 0.324 e. The number of nitrogens with zero attached hydrogens (tertiary/aromatic N) is 5. The first kappa shape index (κ1) is 47.7. The summed E-state index contributed by atoms with van der Waals surface area (Å²) in [7, 11) is 1.62. The van der Waals surface area contributed by atoms with Gasteiger partial charge in [0, 0.05) is 74.3 Å². The molecule has 4 N–H and O–H groups in total. The molecule has 4 aliphatic rings. The van der Waals surface area contributed by atoms with E-state index in [9.17, 15) is 29.1 Å². The van der Waals surface area contributed by atoms with Crippen LogP contribution in [0.1, 0.15) is 96.9 Å². The van der Waals surface area contributed by atoms with E-state index in [-0.39, 0.29) is 55.0 Å². The number of aromatic nitrogens is 2. The fourth-order valence-corrected chi connectivity index (χ4v) is 10.5. The van der Waals surface area contributed by atoms with Gasteiger partial charge in [0.15, 0.2) is 0 Å². The summed E-state index contributed by atoms with van der Waals surface area (Å²) in [4.78, 5) is 78.5. The first-order valence-electron chi connectivity index (χ1n) is 24.2. The number of carbonyl (C=O) groups is 5. The van der Waals surface area contributed by atoms with Gasteiger partial charge in [0.25, 0.3) is 5.91 Å². The van der Waals surface area contributed by atoms with Gasteiger partial charge in [-0.15, -0.1) is 0 Å². The van der Waals surface area contributed by atoms with E-state index in [0.717, 1.165) is 44.5 Å². The van der Waals surface area contributed by atoms with Gasteiger partial charge < -0.3 is 34.8 Å². The van der Waals surface area contributed by atoms with Crippen LogP contribution >= 0.6 is 0 Å². The van der Waals surface area contributed by atoms with E-state index in [1.807, 2.05) is 38.2 Å². The summed E-state index contributed by atoms with van der Waals surface area (Å²) in [5, 5.41) is 19.9. The van der Waals surface area contributed by atoms with E-state index in [1.165, 1.54) is 9.91 Å². The summed E-state index contributed by atoms with van der Waals surface area (Å²) in [5.74, 6) is -2.28. The molecule has 0 spiro atoms. The van der Waals surface area contributed by atoms with Crippen LogP contribution in [0, 0.1) is 17.3 Å². The van der Waals surface area contributed by atoms with Crippen LogP contribution in [0.4, 0.5) is 0 Å². The molecule has 15 heteroatoms. The Morgan fingerprint density at radius 2 is 1.78 bits per heavy atom. The Kier molecular flexibility index (Phi) is 13.8. The zero-order valence-electron chi connectivity index (χ0n) is 40.4. The molecule has 15 nitrogen and oxygen atoms in total. The van der Waals surface area contributed by atoms with Gasteiger partial charge in [0.05, 0.1) is 30.0 Å². The summed E-state index contributed by atoms with van der Waals surface area (Å²) >= 11 is 0. The number of fused-ring (bicyclic) bond motifs is 6. The minimum absolute atomic E-state index is 0.000266. The van der Waals surface area contributed by atoms with Crippen molar-refractivity contribution in [1.29, 1.82) is 0 Å². The van der Waals surface area contributed by atoms with Gasteiger partial charge in [-0.2, -0.15) is 0 Å². The van der Waals surface area contributed by atoms with E-state index >= 15 is 0 Å². The van der Waals surface area contributed by atoms with E-state index < -0.39 is 47.2 Å². The quantitative estimate of drug-likeness (QED) is 0.122. The number of hydrazine groups is 1. The second-order valence-electron chi connectivity index (χ2n) is 20.5. The molecule has 8 rings (SSSR count). The molecule has 4 amide bonds. The molecule has 358 valence electrons. The highest BCUT2D eigenvalue weighted by Crippen LogP contribution is 2.42. The third kappa shape index (κ3) is 10.1. The van der Waals surface area contributed by atoms with Crippen molar-refractivity contribution < 1.29 is 33.8 Å². The van der Waals surface area contributed by atoms with E-state index in [1.54, 1.807) is 24.1 Å². The van der Waals surface area contributed by atoms with Crippen LogP contribution in [0.3, 0.4) is 0 Å². The van der Waals surface area contributed by atoms with Crippen LogP contribution in [-0.2, 0) is 48.1 Å². The summed E-state index contributed by atoms with van der Waals surface area (Å²) in [5.41, 5.74) is 10.1. The molecule has 0 unspecified atom stereocenters. The van der Waals surface area contributed by atoms with Crippen LogP contribution in [0.25, 0.3) is 33.3 Å². The maximum absolute atomic E-state index is 14.8. The normalized spacial score (nSPS) is 22.6. The molecular formula is C52H68N8O7. The Bertz CT molecular complexity index is 2550. The van der Waals surface area contributed by atoms with Crippen LogP contribution in [0.2, 0.25) is 0 Å². The van der Waals surface area contributed by atoms with Crippen LogP contribution in [0.5, 0.6) is 5.75 Å². The number of amides is 4. The predicted molar refractivity (Wildman–Crippen MR) is 256 cm³/mol. The predicted octanol–water partition coefficient (Wildman–Crippen LogP) is 5.56. The number of likely N-dealkylation sites (tertiary alicyclic amines) is 1. The van der Waals surface area contributed by atoms with Crippen LogP contribution in [-0.4, -0.2) is 123 Å². The summed E-state index contributed by atoms with van der Waals surface area (Å²) in [6, 6.07) is 12.6. The average molecular weight is 917 g/mol. The third-order valence-corrected chi connectivity index (χ3v) is 13.9. The second kappa shape index (κ2) is 19.4. The minimum atomic E-state index is -1.15. The maximum atomic E-state index is 14.8. The highest BCUT2D eigenvalue weighted by molar-refractivity contribution is 5.96. The summed E-state index contributed by atoms with van der Waals surface area (Å²) in [6.45, 7) is 17.0. The molecular weight excluding hydrogens is 849 g/mol. The molecule has 0 aliphatic carbocycles. The number of likely N-dealkylation sites (N-methyl/N-ethyl adjacent to an activating group) is 1. The molecule has 0 radical (unpaired) electrons. The Morgan fingerprint density at radius 1 is 1.01 bits per heavy atom. The Hall–Kier alpha value is -5.80. The number of piperidine rings is 1. The van der Waals surface area contributed by atoms with Crippen molar-refractivity contribution in [3.8, 4) is 28.1 Å². The first-order chi connectivity index (χ1) is 31.9. The molecule has 6 bridgehead atoms. The van der Waals surface area contributed by atoms with E-state index in [0.29, 0.717) is 63.8 Å². The lowest BCUT2D eigenvalue weighted by Crippen LogP contribution is -2.62. The lowest BCUT2D eigenvalue weighted by molar-refractivity contribution is -0.155. The number of hydrogen-bond acceptors (Lipinski definition) is 10. The number of carbonyl (C=O) groups excluding carboxylic acids is 5. The smallest absolute Gasteiger partial charge is 0.324 e. The van der Waals surface area contributed by atoms with Crippen molar-refractivity contribution in [2.45, 2.75) is 124 Å². The number of cyclic esters (lactones) is 1. The zero-order chi connectivity index (χ0) is 47.9. The number of phenolic OH excluding ortho intramolecular Hbond substituents is 1. The SMILES string of the molecule is CCn1c(-c2cccnc2C(C)C)c2c3cc(ccc31)-c1cc(O)cc(c1)C[C@H](NC(=O)[C@H](C(C)C)N(C)C(=O)[C@H]1CCCN(C(=O)[C@@H]3CN3)C1)C(=O)N1CCC[C@H](N1)C(=O)OCC(C)(C)C2. The van der Waals surface area contributed by atoms with Crippen molar-refractivity contribution in [2.24, 2.45) is 17.3 Å². The number of aromatic hydroxyl groups is 1. The molecule has 2 aromatic heterocycles. The molecule has 0 saturated carbocycles. The molecule has 5 atom stereocenters. The Labute approximate surface area is 394 Å². The molecule has 3 fully saturated rings. The van der Waals surface area contributed by atoms with Crippen LogP contribution < -0.4 is 16.1 Å². The van der Waals surface area contributed by atoms with Crippen molar-refractivity contribution in [1.82, 2.24) is 40.4 Å². The topological polar surface area (TPSA) is 188 Å². The lowest BCUT2D eigenvalue weighted by atomic mass is 9.83. The number of hydrogen-bond donors (Lipinski definition) is 4. The molecule has 2 aromatic carbocycles. The number of ether oxygens (including phenoxy) is 1. The molecule has 4 aromatic rings. The Morgan fingerprint density at radius 3 is 2.49 bits per heavy atom. The summed E-state index contributed by atoms with van der Waals surface area (Å²) in [6.07, 6.45) is 4.69. The molecule has 3 saturated heterocycles. The third-order valence-electron chi connectivity index (χ3n) is 13.9. The van der Waals surface area contributed by atoms with Crippen molar-refractivity contribution in [3.63, 3.8) is 0 Å². The van der Waals surface area contributed by atoms with E-state index in [4.69, 9.17) is 9.72 Å². The first-order valence-corrected chi connectivity index (χ1v) is 24.2. The average Bonchev–Trinajstić information content (AvgIpc) is 4.12. The largest absolute Gasteiger partial charge is 0.508 e. The number of pyridine rings is 1. The molecule has 67 heavy (non-hydrogen) atoms. The number of phenols is 1. The minimum Gasteiger partial charge on any atom is -0.508 e. The fourth-order valence-electron chi connectivity index (χ4n) is 10.5. The van der Waals surface area contributed by atoms with Gasteiger partial charge in [-0.3, -0.25) is 34.0 Å². The van der Waals surface area contributed by atoms with Gasteiger partial charge in [-0.1, -0.05) is 53.7 Å². The highest BCUT2D eigenvalue weighted by atomic mass is 16.5. The number of benzene rings is 2. The second-order valence-corrected chi connectivity index (χ2v) is 20.5. The zero-order valence-corrected chi connectivity index (χ0v) is 40.4. The van der Waals surface area contributed by atoms with Gasteiger partial charge >= 0.3 is 5.97 Å². The van der Waals surface area contributed by atoms with Gasteiger partial charge in [0.1, 0.15) is 23.9 Å². The number of aryl methyl sites for hydroxylation is 1. The van der Waals surface area contributed by atoms with Crippen molar-refractivity contribution in [3.05, 3.63) is 71.5 Å². The van der Waals surface area contributed by atoms with E-state index in [2.05, 4.69) is 73.4 Å². The number of nitrogens with one attached hydrogen (secondary N) is 3. The standard InChI is InChI=1S/C52H68N8O7/c1-9-59-43-17-16-33-25-38(43)39(46(59)37-14-10-18-53-44(37)30(2)3)26-52(6,7)29-67-51(66)40-15-12-20-60(56-40)50(65)41(23-32-21-35(33)24-36(61)22-32)55-47(62)45(31(4)5)57(8)48(63)34-13-11-19-58(28-34)49(64)42-27-54-42/h10,14,16-18,21-22,24-25,30-31,34,40-42,45,54,56,61H,9,11-13,15,19-20,23,26-29H2,1-8H3,(H,55,62)/t34-,40-,41-,42-,45-/m0/s1. The van der Waals surface area contributed by atoms with Crippen molar-refractivity contribution >= 4 is 40.5 Å². The molecule has 6 heterocycles.